The molecule has 122 valence electrons. The maximum Gasteiger partial charge on any atom is 0.335 e. The van der Waals surface area contributed by atoms with E-state index in [0.717, 1.165) is 10.4 Å². The Bertz CT molecular complexity index is 938. The fraction of sp³-hybridized carbons (Fsp3) is 0. The topological polar surface area (TPSA) is 90.7 Å². The Hall–Kier alpha value is -1.90. The zero-order chi connectivity index (χ0) is 17.4. The van der Waals surface area contributed by atoms with Crippen molar-refractivity contribution in [2.45, 2.75) is 0 Å². The van der Waals surface area contributed by atoms with E-state index in [-0.39, 0.29) is 17.1 Å². The maximum atomic E-state index is 10.9. The van der Waals surface area contributed by atoms with Crippen LogP contribution in [0.2, 0.25) is 0 Å². The van der Waals surface area contributed by atoms with Gasteiger partial charge in [-0.1, -0.05) is 12.1 Å². The van der Waals surface area contributed by atoms with Crippen LogP contribution in [0.3, 0.4) is 0 Å². The molecule has 0 fully saturated rings. The number of rotatable bonds is 3. The summed E-state index contributed by atoms with van der Waals surface area (Å²) in [4.78, 5) is 16.1. The molecule has 0 unspecified atom stereocenters. The molecule has 0 amide bonds. The van der Waals surface area contributed by atoms with Gasteiger partial charge in [0.25, 0.3) is 0 Å². The number of aromatic carboxylic acids is 1. The number of phenolic OH excluding ortho intramolecular Hbond substituents is 2. The summed E-state index contributed by atoms with van der Waals surface area (Å²) in [5, 5.41) is 29.2. The lowest BCUT2D eigenvalue weighted by atomic mass is 10.1. The number of carboxylic acid groups (broad SMARTS) is 1. The fourth-order valence-corrected chi connectivity index (χ4v) is 4.05. The van der Waals surface area contributed by atoms with Gasteiger partial charge in [0.2, 0.25) is 0 Å². The molecule has 1 heterocycles. The highest BCUT2D eigenvalue weighted by Gasteiger charge is 2.18. The van der Waals surface area contributed by atoms with Crippen molar-refractivity contribution in [3.05, 3.63) is 51.0 Å². The molecule has 5 nitrogen and oxygen atoms in total. The van der Waals surface area contributed by atoms with E-state index in [1.165, 1.54) is 23.5 Å². The SMILES string of the molecule is O=C(O)c1ccc(-c2cnc(-c3cc(Br)c(O)c(O)c3Br)s2)cc1. The molecular weight excluding hydrogens is 462 g/mol. The van der Waals surface area contributed by atoms with Gasteiger partial charge in [0.05, 0.1) is 19.4 Å². The van der Waals surface area contributed by atoms with E-state index in [2.05, 4.69) is 36.8 Å². The summed E-state index contributed by atoms with van der Waals surface area (Å²) < 4.78 is 0.714. The predicted molar refractivity (Wildman–Crippen MR) is 98.7 cm³/mol. The highest BCUT2D eigenvalue weighted by atomic mass is 79.9. The molecule has 0 atom stereocenters. The van der Waals surface area contributed by atoms with Crippen LogP contribution < -0.4 is 0 Å². The van der Waals surface area contributed by atoms with Crippen molar-refractivity contribution < 1.29 is 20.1 Å². The third kappa shape index (κ3) is 3.04. The Balaban J connectivity index is 2.01. The van der Waals surface area contributed by atoms with Gasteiger partial charge in [-0.2, -0.15) is 0 Å². The number of carbonyl (C=O) groups is 1. The van der Waals surface area contributed by atoms with Gasteiger partial charge < -0.3 is 15.3 Å². The zero-order valence-corrected chi connectivity index (χ0v) is 15.8. The zero-order valence-electron chi connectivity index (χ0n) is 11.8. The van der Waals surface area contributed by atoms with Gasteiger partial charge in [-0.25, -0.2) is 9.78 Å². The Morgan fingerprint density at radius 3 is 2.38 bits per heavy atom. The number of hydrogen-bond acceptors (Lipinski definition) is 5. The monoisotopic (exact) mass is 469 g/mol. The lowest BCUT2D eigenvalue weighted by Crippen LogP contribution is -1.94. The summed E-state index contributed by atoms with van der Waals surface area (Å²) in [6.45, 7) is 0. The Morgan fingerprint density at radius 2 is 1.75 bits per heavy atom. The first-order valence-corrected chi connectivity index (χ1v) is 8.98. The van der Waals surface area contributed by atoms with Gasteiger partial charge in [-0.05, 0) is 55.6 Å². The standard InChI is InChI=1S/C16H9Br2NO4S/c17-10-5-9(12(18)14(21)13(10)20)15-19-6-11(24-15)7-1-3-8(4-2-7)16(22)23/h1-6,20-21H,(H,22,23). The summed E-state index contributed by atoms with van der Waals surface area (Å²) in [6, 6.07) is 8.18. The van der Waals surface area contributed by atoms with Crippen LogP contribution in [-0.4, -0.2) is 26.3 Å². The molecular formula is C16H9Br2NO4S. The normalized spacial score (nSPS) is 10.8. The number of benzene rings is 2. The van der Waals surface area contributed by atoms with Crippen molar-refractivity contribution in [3.8, 4) is 32.5 Å². The van der Waals surface area contributed by atoms with E-state index < -0.39 is 5.97 Å². The van der Waals surface area contributed by atoms with Gasteiger partial charge in [-0.15, -0.1) is 11.3 Å². The van der Waals surface area contributed by atoms with Crippen LogP contribution in [0.15, 0.2) is 45.5 Å². The maximum absolute atomic E-state index is 10.9. The second kappa shape index (κ2) is 6.54. The smallest absolute Gasteiger partial charge is 0.335 e. The van der Waals surface area contributed by atoms with Gasteiger partial charge in [0.1, 0.15) is 5.01 Å². The van der Waals surface area contributed by atoms with Crippen molar-refractivity contribution in [3.63, 3.8) is 0 Å². The van der Waals surface area contributed by atoms with E-state index >= 15 is 0 Å². The summed E-state index contributed by atoms with van der Waals surface area (Å²) in [5.74, 6) is -1.48. The largest absolute Gasteiger partial charge is 0.503 e. The van der Waals surface area contributed by atoms with Crippen LogP contribution >= 0.6 is 43.2 Å². The number of halogens is 2. The molecule has 0 saturated heterocycles. The molecule has 0 radical (unpaired) electrons. The number of nitrogens with zero attached hydrogens (tertiary/aromatic N) is 1. The average Bonchev–Trinajstić information content (AvgIpc) is 3.06. The summed E-state index contributed by atoms with van der Waals surface area (Å²) in [5.41, 5.74) is 1.70. The number of aromatic nitrogens is 1. The van der Waals surface area contributed by atoms with Gasteiger partial charge in [-0.3, -0.25) is 0 Å². The van der Waals surface area contributed by atoms with E-state index in [0.29, 0.717) is 19.5 Å². The molecule has 0 aliphatic heterocycles. The van der Waals surface area contributed by atoms with Crippen molar-refractivity contribution in [2.75, 3.05) is 0 Å². The van der Waals surface area contributed by atoms with Crippen LogP contribution in [0.5, 0.6) is 11.5 Å². The Labute approximate surface area is 157 Å². The highest BCUT2D eigenvalue weighted by molar-refractivity contribution is 9.11. The van der Waals surface area contributed by atoms with E-state index in [9.17, 15) is 15.0 Å². The minimum atomic E-state index is -0.972. The summed E-state index contributed by atoms with van der Waals surface area (Å²) in [7, 11) is 0. The predicted octanol–water partition coefficient (Wildman–Crippen LogP) is 5.11. The average molecular weight is 471 g/mol. The third-order valence-electron chi connectivity index (χ3n) is 3.32. The summed E-state index contributed by atoms with van der Waals surface area (Å²) in [6.07, 6.45) is 1.68. The van der Waals surface area contributed by atoms with Crippen molar-refractivity contribution >= 4 is 49.2 Å². The molecule has 3 rings (SSSR count). The lowest BCUT2D eigenvalue weighted by Gasteiger charge is -2.07. The third-order valence-corrected chi connectivity index (χ3v) is 5.81. The van der Waals surface area contributed by atoms with E-state index in [1.807, 2.05) is 0 Å². The molecule has 24 heavy (non-hydrogen) atoms. The van der Waals surface area contributed by atoms with E-state index in [1.54, 1.807) is 24.4 Å². The first-order valence-electron chi connectivity index (χ1n) is 6.58. The fourth-order valence-electron chi connectivity index (χ4n) is 2.07. The number of thiazole rings is 1. The van der Waals surface area contributed by atoms with E-state index in [4.69, 9.17) is 5.11 Å². The number of phenols is 2. The van der Waals surface area contributed by atoms with Crippen LogP contribution in [0, 0.1) is 0 Å². The molecule has 2 aromatic carbocycles. The second-order valence-electron chi connectivity index (χ2n) is 4.83. The highest BCUT2D eigenvalue weighted by Crippen LogP contribution is 2.46. The van der Waals surface area contributed by atoms with Crippen LogP contribution in [0.1, 0.15) is 10.4 Å². The summed E-state index contributed by atoms with van der Waals surface area (Å²) >= 11 is 7.84. The number of hydrogen-bond donors (Lipinski definition) is 3. The molecule has 3 N–H and O–H groups in total. The molecule has 0 bridgehead atoms. The molecule has 8 heteroatoms. The molecule has 0 aliphatic carbocycles. The van der Waals surface area contributed by atoms with Crippen LogP contribution in [0.25, 0.3) is 21.0 Å². The van der Waals surface area contributed by atoms with Crippen LogP contribution in [0.4, 0.5) is 0 Å². The van der Waals surface area contributed by atoms with Crippen molar-refractivity contribution in [1.29, 1.82) is 0 Å². The Morgan fingerprint density at radius 1 is 1.08 bits per heavy atom. The molecule has 0 aliphatic rings. The number of aromatic hydroxyl groups is 2. The van der Waals surface area contributed by atoms with Crippen LogP contribution in [-0.2, 0) is 0 Å². The first kappa shape index (κ1) is 16.9. The first-order chi connectivity index (χ1) is 11.4. The van der Waals surface area contributed by atoms with Gasteiger partial charge in [0.15, 0.2) is 11.5 Å². The minimum Gasteiger partial charge on any atom is -0.503 e. The minimum absolute atomic E-state index is 0.221. The quantitative estimate of drug-likeness (QED) is 0.462. The molecule has 1 aromatic heterocycles. The molecule has 0 spiro atoms. The van der Waals surface area contributed by atoms with Gasteiger partial charge in [0, 0.05) is 11.8 Å². The lowest BCUT2D eigenvalue weighted by molar-refractivity contribution is 0.0697. The second-order valence-corrected chi connectivity index (χ2v) is 7.51. The number of carboxylic acids is 1. The Kier molecular flexibility index (Phi) is 4.62. The molecule has 0 saturated carbocycles. The van der Waals surface area contributed by atoms with Crippen molar-refractivity contribution in [1.82, 2.24) is 4.98 Å². The van der Waals surface area contributed by atoms with Gasteiger partial charge >= 0.3 is 5.97 Å². The van der Waals surface area contributed by atoms with Crippen molar-refractivity contribution in [2.24, 2.45) is 0 Å². The molecule has 3 aromatic rings.